The minimum Gasteiger partial charge on any atom is -0.484 e. The molecule has 6 heteroatoms. The van der Waals surface area contributed by atoms with Crippen molar-refractivity contribution in [2.24, 2.45) is 0 Å². The van der Waals surface area contributed by atoms with E-state index in [1.807, 2.05) is 13.8 Å². The average Bonchev–Trinajstić information content (AvgIpc) is 2.88. The molecule has 0 aromatic heterocycles. The molecule has 0 bridgehead atoms. The Balaban J connectivity index is 2.05. The van der Waals surface area contributed by atoms with E-state index >= 15 is 0 Å². The Morgan fingerprint density at radius 1 is 1.48 bits per heavy atom. The number of nitrogens with zero attached hydrogens (tertiary/aromatic N) is 1. The molecular formula is C15H22N2O4. The number of rotatable bonds is 7. The molecule has 1 saturated heterocycles. The maximum Gasteiger partial charge on any atom is 0.310 e. The number of ether oxygens (including phenoxy) is 2. The molecule has 116 valence electrons. The van der Waals surface area contributed by atoms with Crippen molar-refractivity contribution in [1.82, 2.24) is 5.32 Å². The van der Waals surface area contributed by atoms with Crippen LogP contribution >= 0.6 is 0 Å². The Hall–Kier alpha value is -1.66. The Bertz CT molecular complexity index is 493. The zero-order chi connectivity index (χ0) is 15.2. The highest BCUT2D eigenvalue weighted by atomic mass is 16.6. The van der Waals surface area contributed by atoms with E-state index in [2.05, 4.69) is 5.32 Å². The summed E-state index contributed by atoms with van der Waals surface area (Å²) in [7, 11) is 0. The SMILES string of the molecule is CCNCc1ccc([N+](=O)[O-])c(OCC2CCC(C)O2)c1. The fourth-order valence-corrected chi connectivity index (χ4v) is 2.39. The van der Waals surface area contributed by atoms with Crippen LogP contribution in [0.1, 0.15) is 32.3 Å². The maximum absolute atomic E-state index is 11.1. The molecule has 2 atom stereocenters. The topological polar surface area (TPSA) is 73.6 Å². The maximum atomic E-state index is 11.1. The van der Waals surface area contributed by atoms with Gasteiger partial charge in [-0.15, -0.1) is 0 Å². The van der Waals surface area contributed by atoms with Gasteiger partial charge in [0.25, 0.3) is 0 Å². The van der Waals surface area contributed by atoms with Crippen molar-refractivity contribution in [2.45, 2.75) is 45.4 Å². The Labute approximate surface area is 124 Å². The first-order valence-corrected chi connectivity index (χ1v) is 7.36. The summed E-state index contributed by atoms with van der Waals surface area (Å²) in [6, 6.07) is 4.99. The molecule has 1 aromatic rings. The third-order valence-electron chi connectivity index (χ3n) is 3.54. The van der Waals surface area contributed by atoms with Crippen molar-refractivity contribution in [3.63, 3.8) is 0 Å². The van der Waals surface area contributed by atoms with Gasteiger partial charge in [0.2, 0.25) is 0 Å². The van der Waals surface area contributed by atoms with E-state index in [0.29, 0.717) is 18.9 Å². The van der Waals surface area contributed by atoms with Crippen LogP contribution in [0.5, 0.6) is 5.75 Å². The first kappa shape index (κ1) is 15.7. The molecule has 1 aliphatic rings. The Morgan fingerprint density at radius 3 is 2.90 bits per heavy atom. The number of nitrogens with one attached hydrogen (secondary N) is 1. The van der Waals surface area contributed by atoms with Crippen LogP contribution in [-0.4, -0.2) is 30.3 Å². The summed E-state index contributed by atoms with van der Waals surface area (Å²) < 4.78 is 11.3. The molecule has 1 aliphatic heterocycles. The van der Waals surface area contributed by atoms with E-state index in [-0.39, 0.29) is 17.9 Å². The predicted octanol–water partition coefficient (Wildman–Crippen LogP) is 2.65. The molecule has 1 fully saturated rings. The van der Waals surface area contributed by atoms with Crippen LogP contribution in [-0.2, 0) is 11.3 Å². The van der Waals surface area contributed by atoms with Gasteiger partial charge in [-0.3, -0.25) is 10.1 Å². The molecule has 2 rings (SSSR count). The second-order valence-corrected chi connectivity index (χ2v) is 5.30. The van der Waals surface area contributed by atoms with Crippen LogP contribution in [0.3, 0.4) is 0 Å². The van der Waals surface area contributed by atoms with Crippen molar-refractivity contribution >= 4 is 5.69 Å². The molecule has 1 aromatic carbocycles. The lowest BCUT2D eigenvalue weighted by Crippen LogP contribution is -2.18. The third kappa shape index (κ3) is 4.41. The van der Waals surface area contributed by atoms with Gasteiger partial charge in [-0.1, -0.05) is 13.0 Å². The molecule has 21 heavy (non-hydrogen) atoms. The standard InChI is InChI=1S/C15H22N2O4/c1-3-16-9-12-5-7-14(17(18)19)15(8-12)20-10-13-6-4-11(2)21-13/h5,7-8,11,13,16H,3-4,6,9-10H2,1-2H3. The summed E-state index contributed by atoms with van der Waals surface area (Å²) in [5.41, 5.74) is 0.972. The van der Waals surface area contributed by atoms with Crippen LogP contribution in [0.15, 0.2) is 18.2 Å². The average molecular weight is 294 g/mol. The minimum absolute atomic E-state index is 0.00120. The highest BCUT2D eigenvalue weighted by molar-refractivity contribution is 5.48. The molecular weight excluding hydrogens is 272 g/mol. The van der Waals surface area contributed by atoms with Gasteiger partial charge in [0, 0.05) is 12.6 Å². The molecule has 0 amide bonds. The van der Waals surface area contributed by atoms with Crippen molar-refractivity contribution < 1.29 is 14.4 Å². The van der Waals surface area contributed by atoms with Crippen molar-refractivity contribution in [3.05, 3.63) is 33.9 Å². The summed E-state index contributed by atoms with van der Waals surface area (Å²) in [5, 5.41) is 14.3. The first-order chi connectivity index (χ1) is 10.1. The van der Waals surface area contributed by atoms with E-state index < -0.39 is 4.92 Å². The lowest BCUT2D eigenvalue weighted by molar-refractivity contribution is -0.385. The van der Waals surface area contributed by atoms with Gasteiger partial charge in [0.1, 0.15) is 6.61 Å². The highest BCUT2D eigenvalue weighted by Gasteiger charge is 2.24. The van der Waals surface area contributed by atoms with E-state index in [1.165, 1.54) is 6.07 Å². The van der Waals surface area contributed by atoms with Crippen LogP contribution in [0.4, 0.5) is 5.69 Å². The number of hydrogen-bond acceptors (Lipinski definition) is 5. The van der Waals surface area contributed by atoms with Gasteiger partial charge in [0.15, 0.2) is 5.75 Å². The molecule has 0 spiro atoms. The van der Waals surface area contributed by atoms with Gasteiger partial charge in [-0.25, -0.2) is 0 Å². The Morgan fingerprint density at radius 2 is 2.29 bits per heavy atom. The lowest BCUT2D eigenvalue weighted by Gasteiger charge is -2.13. The first-order valence-electron chi connectivity index (χ1n) is 7.36. The van der Waals surface area contributed by atoms with E-state index in [9.17, 15) is 10.1 Å². The van der Waals surface area contributed by atoms with Crippen LogP contribution < -0.4 is 10.1 Å². The zero-order valence-electron chi connectivity index (χ0n) is 12.5. The fraction of sp³-hybridized carbons (Fsp3) is 0.600. The quantitative estimate of drug-likeness (QED) is 0.618. The van der Waals surface area contributed by atoms with Crippen LogP contribution in [0.2, 0.25) is 0 Å². The lowest BCUT2D eigenvalue weighted by atomic mass is 10.2. The largest absolute Gasteiger partial charge is 0.484 e. The molecule has 2 unspecified atom stereocenters. The van der Waals surface area contributed by atoms with E-state index in [1.54, 1.807) is 12.1 Å². The Kier molecular flexibility index (Phi) is 5.52. The number of nitro groups is 1. The van der Waals surface area contributed by atoms with Gasteiger partial charge < -0.3 is 14.8 Å². The molecule has 0 radical (unpaired) electrons. The van der Waals surface area contributed by atoms with Gasteiger partial charge >= 0.3 is 5.69 Å². The zero-order valence-corrected chi connectivity index (χ0v) is 12.5. The van der Waals surface area contributed by atoms with E-state index in [4.69, 9.17) is 9.47 Å². The minimum atomic E-state index is -0.412. The van der Waals surface area contributed by atoms with E-state index in [0.717, 1.165) is 24.9 Å². The normalized spacial score (nSPS) is 21.4. The summed E-state index contributed by atoms with van der Waals surface area (Å²) in [5.74, 6) is 0.318. The molecule has 1 heterocycles. The number of benzene rings is 1. The second kappa shape index (κ2) is 7.38. The monoisotopic (exact) mass is 294 g/mol. The van der Waals surface area contributed by atoms with Crippen LogP contribution in [0, 0.1) is 10.1 Å². The predicted molar refractivity (Wildman–Crippen MR) is 79.5 cm³/mol. The van der Waals surface area contributed by atoms with Crippen molar-refractivity contribution in [1.29, 1.82) is 0 Å². The second-order valence-electron chi connectivity index (χ2n) is 5.30. The number of nitro benzene ring substituents is 1. The summed E-state index contributed by atoms with van der Waals surface area (Å²) in [6.45, 7) is 5.92. The summed E-state index contributed by atoms with van der Waals surface area (Å²) in [4.78, 5) is 10.7. The van der Waals surface area contributed by atoms with Gasteiger partial charge in [-0.05, 0) is 37.9 Å². The van der Waals surface area contributed by atoms with Crippen molar-refractivity contribution in [3.8, 4) is 5.75 Å². The van der Waals surface area contributed by atoms with Crippen LogP contribution in [0.25, 0.3) is 0 Å². The number of hydrogen-bond donors (Lipinski definition) is 1. The fourth-order valence-electron chi connectivity index (χ4n) is 2.39. The highest BCUT2D eigenvalue weighted by Crippen LogP contribution is 2.29. The molecule has 0 saturated carbocycles. The summed E-state index contributed by atoms with van der Waals surface area (Å²) in [6.07, 6.45) is 2.22. The van der Waals surface area contributed by atoms with Gasteiger partial charge in [0.05, 0.1) is 17.1 Å². The van der Waals surface area contributed by atoms with Crippen molar-refractivity contribution in [2.75, 3.05) is 13.2 Å². The molecule has 0 aliphatic carbocycles. The molecule has 1 N–H and O–H groups in total. The molecule has 6 nitrogen and oxygen atoms in total. The third-order valence-corrected chi connectivity index (χ3v) is 3.54. The summed E-state index contributed by atoms with van der Waals surface area (Å²) >= 11 is 0. The smallest absolute Gasteiger partial charge is 0.310 e. The van der Waals surface area contributed by atoms with Gasteiger partial charge in [-0.2, -0.15) is 0 Å².